The van der Waals surface area contributed by atoms with Crippen molar-refractivity contribution in [2.45, 2.75) is 25.9 Å². The fraction of sp³-hybridized carbons (Fsp3) is 0.462. The Morgan fingerprint density at radius 2 is 2.20 bits per heavy atom. The van der Waals surface area contributed by atoms with Crippen LogP contribution in [0.25, 0.3) is 0 Å². The second kappa shape index (κ2) is 5.09. The number of benzene rings is 1. The normalized spacial score (nSPS) is 18.6. The van der Waals surface area contributed by atoms with E-state index in [-0.39, 0.29) is 17.3 Å². The Morgan fingerprint density at radius 3 is 2.85 bits per heavy atom. The molecule has 1 saturated heterocycles. The zero-order chi connectivity index (χ0) is 14.9. The van der Waals surface area contributed by atoms with Crippen LogP contribution in [0, 0.1) is 10.1 Å². The van der Waals surface area contributed by atoms with Crippen LogP contribution in [0.2, 0.25) is 0 Å². The minimum atomic E-state index is -0.657. The molecule has 7 heteroatoms. The van der Waals surface area contributed by atoms with Crippen molar-refractivity contribution >= 4 is 17.3 Å². The Bertz CT molecular complexity index is 557. The van der Waals surface area contributed by atoms with Gasteiger partial charge in [0.2, 0.25) is 5.91 Å². The van der Waals surface area contributed by atoms with E-state index in [1.807, 2.05) is 18.7 Å². The number of nitrogens with one attached hydrogen (secondary N) is 1. The lowest BCUT2D eigenvalue weighted by molar-refractivity contribution is -0.384. The highest BCUT2D eigenvalue weighted by molar-refractivity contribution is 5.86. The molecule has 3 N–H and O–H groups in total. The number of amides is 1. The van der Waals surface area contributed by atoms with E-state index in [2.05, 4.69) is 5.32 Å². The second-order valence-electron chi connectivity index (χ2n) is 5.34. The van der Waals surface area contributed by atoms with Crippen LogP contribution in [0.3, 0.4) is 0 Å². The maximum atomic E-state index is 11.9. The quantitative estimate of drug-likeness (QED) is 0.485. The number of hydrogen-bond acceptors (Lipinski definition) is 5. The van der Waals surface area contributed by atoms with E-state index in [9.17, 15) is 14.9 Å². The first-order chi connectivity index (χ1) is 9.34. The van der Waals surface area contributed by atoms with Crippen LogP contribution in [0.15, 0.2) is 18.2 Å². The molecule has 2 rings (SSSR count). The van der Waals surface area contributed by atoms with Gasteiger partial charge in [0, 0.05) is 25.7 Å². The van der Waals surface area contributed by atoms with Crippen LogP contribution < -0.4 is 11.1 Å². The van der Waals surface area contributed by atoms with E-state index < -0.39 is 10.5 Å². The van der Waals surface area contributed by atoms with Crippen molar-refractivity contribution in [3.8, 4) is 0 Å². The summed E-state index contributed by atoms with van der Waals surface area (Å²) in [7, 11) is 0. The van der Waals surface area contributed by atoms with Gasteiger partial charge in [-0.3, -0.25) is 19.8 Å². The largest absolute Gasteiger partial charge is 0.393 e. The molecular formula is C13H18N4O3. The number of para-hydroxylation sites is 1. The molecule has 108 valence electrons. The highest BCUT2D eigenvalue weighted by Gasteiger charge is 2.37. The Morgan fingerprint density at radius 1 is 1.50 bits per heavy atom. The average Bonchev–Trinajstić information content (AvgIpc) is 2.37. The van der Waals surface area contributed by atoms with Gasteiger partial charge in [-0.1, -0.05) is 12.1 Å². The van der Waals surface area contributed by atoms with Crippen LogP contribution in [0.1, 0.15) is 19.4 Å². The first-order valence-electron chi connectivity index (χ1n) is 6.39. The van der Waals surface area contributed by atoms with E-state index in [1.54, 1.807) is 12.1 Å². The van der Waals surface area contributed by atoms with E-state index in [0.29, 0.717) is 25.2 Å². The van der Waals surface area contributed by atoms with E-state index in [4.69, 9.17) is 5.73 Å². The van der Waals surface area contributed by atoms with Gasteiger partial charge in [-0.15, -0.1) is 0 Å². The van der Waals surface area contributed by atoms with Crippen LogP contribution in [0.5, 0.6) is 0 Å². The minimum absolute atomic E-state index is 0.0484. The first kappa shape index (κ1) is 14.3. The fourth-order valence-electron chi connectivity index (χ4n) is 2.32. The standard InChI is InChI=1S/C13H18N4O3/c1-13(2)12(18)15-6-7-16(13)8-9-4-3-5-10(11(9)14)17(19)20/h3-5H,6-8,14H2,1-2H3,(H,15,18). The van der Waals surface area contributed by atoms with Gasteiger partial charge in [-0.05, 0) is 19.4 Å². The average molecular weight is 278 g/mol. The molecule has 20 heavy (non-hydrogen) atoms. The molecule has 1 aliphatic rings. The van der Waals surface area contributed by atoms with Crippen molar-refractivity contribution in [2.24, 2.45) is 0 Å². The molecule has 1 aromatic carbocycles. The van der Waals surface area contributed by atoms with E-state index >= 15 is 0 Å². The van der Waals surface area contributed by atoms with Gasteiger partial charge in [0.15, 0.2) is 0 Å². The van der Waals surface area contributed by atoms with Gasteiger partial charge in [0.25, 0.3) is 5.69 Å². The molecule has 7 nitrogen and oxygen atoms in total. The smallest absolute Gasteiger partial charge is 0.292 e. The van der Waals surface area contributed by atoms with Crippen LogP contribution in [-0.4, -0.2) is 34.4 Å². The lowest BCUT2D eigenvalue weighted by Crippen LogP contribution is -2.61. The molecule has 0 atom stereocenters. The SMILES string of the molecule is CC1(C)C(=O)NCCN1Cc1cccc([N+](=O)[O-])c1N. The summed E-state index contributed by atoms with van der Waals surface area (Å²) in [5, 5.41) is 13.7. The van der Waals surface area contributed by atoms with Crippen molar-refractivity contribution in [3.05, 3.63) is 33.9 Å². The Kier molecular flexibility index (Phi) is 3.63. The topological polar surface area (TPSA) is 102 Å². The van der Waals surface area contributed by atoms with Gasteiger partial charge in [0.1, 0.15) is 5.69 Å². The summed E-state index contributed by atoms with van der Waals surface area (Å²) in [6.45, 7) is 5.32. The third-order valence-electron chi connectivity index (χ3n) is 3.74. The number of nitro groups is 1. The molecule has 0 saturated carbocycles. The molecule has 0 aliphatic carbocycles. The predicted molar refractivity (Wildman–Crippen MR) is 75.0 cm³/mol. The van der Waals surface area contributed by atoms with Crippen molar-refractivity contribution in [2.75, 3.05) is 18.8 Å². The lowest BCUT2D eigenvalue weighted by atomic mass is 9.97. The summed E-state index contributed by atoms with van der Waals surface area (Å²) in [6.07, 6.45) is 0. The number of nitro benzene ring substituents is 1. The van der Waals surface area contributed by atoms with Gasteiger partial charge < -0.3 is 11.1 Å². The minimum Gasteiger partial charge on any atom is -0.393 e. The number of carbonyl (C=O) groups is 1. The number of rotatable bonds is 3. The molecule has 0 spiro atoms. The number of nitrogens with two attached hydrogens (primary N) is 1. The van der Waals surface area contributed by atoms with Crippen molar-refractivity contribution in [1.82, 2.24) is 10.2 Å². The summed E-state index contributed by atoms with van der Waals surface area (Å²) in [5.74, 6) is -0.0484. The number of piperazine rings is 1. The summed E-state index contributed by atoms with van der Waals surface area (Å²) in [6, 6.07) is 4.75. The summed E-state index contributed by atoms with van der Waals surface area (Å²) < 4.78 is 0. The van der Waals surface area contributed by atoms with Gasteiger partial charge in [-0.2, -0.15) is 0 Å². The highest BCUT2D eigenvalue weighted by atomic mass is 16.6. The molecule has 1 aliphatic heterocycles. The summed E-state index contributed by atoms with van der Waals surface area (Å²) in [4.78, 5) is 24.3. The molecule has 1 amide bonds. The summed E-state index contributed by atoms with van der Waals surface area (Å²) in [5.41, 5.74) is 5.94. The van der Waals surface area contributed by atoms with Crippen LogP contribution >= 0.6 is 0 Å². The molecule has 0 aromatic heterocycles. The van der Waals surface area contributed by atoms with Crippen LogP contribution in [-0.2, 0) is 11.3 Å². The first-order valence-corrected chi connectivity index (χ1v) is 6.39. The molecule has 1 aromatic rings. The molecular weight excluding hydrogens is 260 g/mol. The highest BCUT2D eigenvalue weighted by Crippen LogP contribution is 2.28. The maximum Gasteiger partial charge on any atom is 0.292 e. The molecule has 1 fully saturated rings. The predicted octanol–water partition coefficient (Wildman–Crippen LogP) is 0.887. The maximum absolute atomic E-state index is 11.9. The van der Waals surface area contributed by atoms with Crippen LogP contribution in [0.4, 0.5) is 11.4 Å². The third-order valence-corrected chi connectivity index (χ3v) is 3.74. The van der Waals surface area contributed by atoms with Crippen molar-refractivity contribution in [1.29, 1.82) is 0 Å². The van der Waals surface area contributed by atoms with Crippen molar-refractivity contribution < 1.29 is 9.72 Å². The van der Waals surface area contributed by atoms with Gasteiger partial charge in [0.05, 0.1) is 10.5 Å². The zero-order valence-electron chi connectivity index (χ0n) is 11.5. The number of anilines is 1. The molecule has 0 unspecified atom stereocenters. The Balaban J connectivity index is 2.28. The summed E-state index contributed by atoms with van der Waals surface area (Å²) >= 11 is 0. The zero-order valence-corrected chi connectivity index (χ0v) is 11.5. The fourth-order valence-corrected chi connectivity index (χ4v) is 2.32. The molecule has 1 heterocycles. The van der Waals surface area contributed by atoms with E-state index in [0.717, 1.165) is 0 Å². The van der Waals surface area contributed by atoms with E-state index in [1.165, 1.54) is 6.07 Å². The number of nitrogen functional groups attached to an aromatic ring is 1. The third kappa shape index (κ3) is 2.44. The number of carbonyl (C=O) groups excluding carboxylic acids is 1. The van der Waals surface area contributed by atoms with Gasteiger partial charge >= 0.3 is 0 Å². The second-order valence-corrected chi connectivity index (χ2v) is 5.34. The van der Waals surface area contributed by atoms with Gasteiger partial charge in [-0.25, -0.2) is 0 Å². The molecule has 0 radical (unpaired) electrons. The molecule has 0 bridgehead atoms. The lowest BCUT2D eigenvalue weighted by Gasteiger charge is -2.41. The Labute approximate surface area is 116 Å². The Hall–Kier alpha value is -2.15. The monoisotopic (exact) mass is 278 g/mol. The number of hydrogen-bond donors (Lipinski definition) is 2. The van der Waals surface area contributed by atoms with Crippen molar-refractivity contribution in [3.63, 3.8) is 0 Å². The number of nitrogens with zero attached hydrogens (tertiary/aromatic N) is 2.